The molecule has 0 aromatic heterocycles. The molecule has 1 aromatic rings. The van der Waals surface area contributed by atoms with Gasteiger partial charge in [-0.3, -0.25) is 4.79 Å². The van der Waals surface area contributed by atoms with E-state index in [0.717, 1.165) is 30.3 Å². The van der Waals surface area contributed by atoms with E-state index in [4.69, 9.17) is 0 Å². The summed E-state index contributed by atoms with van der Waals surface area (Å²) in [4.78, 5) is 13.9. The van der Waals surface area contributed by atoms with E-state index >= 15 is 0 Å². The fourth-order valence-corrected chi connectivity index (χ4v) is 2.66. The molecule has 0 aliphatic carbocycles. The van der Waals surface area contributed by atoms with Crippen LogP contribution in [0.25, 0.3) is 0 Å². The average molecular weight is 267 g/mol. The molecule has 1 heterocycles. The highest BCUT2D eigenvalue weighted by atomic mass is 32.2. The van der Waals surface area contributed by atoms with Crippen molar-refractivity contribution in [2.24, 2.45) is 0 Å². The van der Waals surface area contributed by atoms with Crippen molar-refractivity contribution < 1.29 is 13.2 Å². The Labute approximate surface area is 108 Å². The van der Waals surface area contributed by atoms with E-state index in [0.29, 0.717) is 6.54 Å². The van der Waals surface area contributed by atoms with Gasteiger partial charge in [-0.05, 0) is 31.4 Å². The van der Waals surface area contributed by atoms with Crippen LogP contribution in [0.3, 0.4) is 0 Å². The number of hydrogen-bond acceptors (Lipinski definition) is 3. The third kappa shape index (κ3) is 2.41. The second kappa shape index (κ2) is 4.72. The topological polar surface area (TPSA) is 54.5 Å². The molecule has 1 amide bonds. The minimum absolute atomic E-state index is 0.329. The first kappa shape index (κ1) is 13.1. The van der Waals surface area contributed by atoms with Crippen molar-refractivity contribution in [3.05, 3.63) is 29.8 Å². The Kier molecular flexibility index (Phi) is 3.43. The number of nitrogens with zero attached hydrogens (tertiary/aromatic N) is 1. The molecule has 1 aliphatic heterocycles. The molecule has 5 heteroatoms. The lowest BCUT2D eigenvalue weighted by molar-refractivity contribution is -0.118. The minimum atomic E-state index is -3.35. The highest BCUT2D eigenvalue weighted by molar-refractivity contribution is 7.92. The van der Waals surface area contributed by atoms with Gasteiger partial charge >= 0.3 is 0 Å². The fourth-order valence-electron chi connectivity index (χ4n) is 2.17. The van der Waals surface area contributed by atoms with E-state index in [1.54, 1.807) is 4.90 Å². The van der Waals surface area contributed by atoms with E-state index in [1.807, 2.05) is 24.3 Å². The van der Waals surface area contributed by atoms with Crippen LogP contribution in [-0.4, -0.2) is 32.4 Å². The number of fused-ring (bicyclic) bond motifs is 1. The van der Waals surface area contributed by atoms with Gasteiger partial charge < -0.3 is 4.90 Å². The van der Waals surface area contributed by atoms with Crippen LogP contribution in [0.15, 0.2) is 24.3 Å². The number of benzene rings is 1. The molecule has 0 fully saturated rings. The summed E-state index contributed by atoms with van der Waals surface area (Å²) in [6.07, 6.45) is 2.91. The Morgan fingerprint density at radius 2 is 2.00 bits per heavy atom. The van der Waals surface area contributed by atoms with Crippen LogP contribution in [0.4, 0.5) is 5.69 Å². The molecular weight excluding hydrogens is 250 g/mol. The first-order valence-electron chi connectivity index (χ1n) is 5.99. The largest absolute Gasteiger partial charge is 0.311 e. The molecule has 4 nitrogen and oxygen atoms in total. The van der Waals surface area contributed by atoms with Crippen molar-refractivity contribution in [1.82, 2.24) is 0 Å². The SMILES string of the molecule is C[C@@H](C(=O)N1CCCc2ccccc21)S(C)(=O)=O. The van der Waals surface area contributed by atoms with E-state index in [-0.39, 0.29) is 5.91 Å². The molecule has 0 N–H and O–H groups in total. The van der Waals surface area contributed by atoms with E-state index in [2.05, 4.69) is 0 Å². The quantitative estimate of drug-likeness (QED) is 0.814. The van der Waals surface area contributed by atoms with Crippen LogP contribution in [0.1, 0.15) is 18.9 Å². The zero-order valence-electron chi connectivity index (χ0n) is 10.6. The van der Waals surface area contributed by atoms with Gasteiger partial charge in [0, 0.05) is 18.5 Å². The number of anilines is 1. The summed E-state index contributed by atoms with van der Waals surface area (Å²) >= 11 is 0. The number of para-hydroxylation sites is 1. The van der Waals surface area contributed by atoms with Crippen LogP contribution in [-0.2, 0) is 21.1 Å². The zero-order valence-corrected chi connectivity index (χ0v) is 11.4. The van der Waals surface area contributed by atoms with Crippen molar-refractivity contribution in [2.75, 3.05) is 17.7 Å². The smallest absolute Gasteiger partial charge is 0.245 e. The van der Waals surface area contributed by atoms with Crippen molar-refractivity contribution in [1.29, 1.82) is 0 Å². The van der Waals surface area contributed by atoms with E-state index < -0.39 is 15.1 Å². The maximum atomic E-state index is 12.3. The Morgan fingerprint density at radius 3 is 2.67 bits per heavy atom. The Morgan fingerprint density at radius 1 is 1.33 bits per heavy atom. The monoisotopic (exact) mass is 267 g/mol. The average Bonchev–Trinajstić information content (AvgIpc) is 2.35. The van der Waals surface area contributed by atoms with Gasteiger partial charge in [-0.25, -0.2) is 8.42 Å². The fraction of sp³-hybridized carbons (Fsp3) is 0.462. The number of carbonyl (C=O) groups excluding carboxylic acids is 1. The van der Waals surface area contributed by atoms with Crippen molar-refractivity contribution >= 4 is 21.4 Å². The minimum Gasteiger partial charge on any atom is -0.311 e. The van der Waals surface area contributed by atoms with Crippen molar-refractivity contribution in [3.63, 3.8) is 0 Å². The second-order valence-electron chi connectivity index (χ2n) is 4.69. The standard InChI is InChI=1S/C13H17NO3S/c1-10(18(2,16)17)13(15)14-9-5-7-11-6-3-4-8-12(11)14/h3-4,6,8,10H,5,7,9H2,1-2H3/t10-/m0/s1. The van der Waals surface area contributed by atoms with E-state index in [9.17, 15) is 13.2 Å². The first-order chi connectivity index (χ1) is 8.41. The highest BCUT2D eigenvalue weighted by Crippen LogP contribution is 2.27. The summed E-state index contributed by atoms with van der Waals surface area (Å²) in [6.45, 7) is 2.05. The van der Waals surface area contributed by atoms with Crippen molar-refractivity contribution in [3.8, 4) is 0 Å². The Bertz CT molecular complexity index is 565. The number of hydrogen-bond donors (Lipinski definition) is 0. The van der Waals surface area contributed by atoms with Gasteiger partial charge in [0.2, 0.25) is 5.91 Å². The molecule has 1 aliphatic rings. The molecule has 98 valence electrons. The normalized spacial score (nSPS) is 17.1. The Balaban J connectivity index is 2.34. The Hall–Kier alpha value is -1.36. The molecule has 2 rings (SSSR count). The maximum absolute atomic E-state index is 12.3. The summed E-state index contributed by atoms with van der Waals surface area (Å²) in [6, 6.07) is 7.67. The summed E-state index contributed by atoms with van der Waals surface area (Å²) in [5.74, 6) is -0.329. The van der Waals surface area contributed by atoms with Crippen LogP contribution in [0, 0.1) is 0 Å². The number of aryl methyl sites for hydroxylation is 1. The molecule has 0 bridgehead atoms. The third-order valence-electron chi connectivity index (χ3n) is 3.37. The van der Waals surface area contributed by atoms with Crippen LogP contribution in [0.2, 0.25) is 0 Å². The highest BCUT2D eigenvalue weighted by Gasteiger charge is 2.31. The molecular formula is C13H17NO3S. The van der Waals surface area contributed by atoms with E-state index in [1.165, 1.54) is 6.92 Å². The molecule has 0 spiro atoms. The van der Waals surface area contributed by atoms with Gasteiger partial charge in [0.15, 0.2) is 9.84 Å². The lowest BCUT2D eigenvalue weighted by Gasteiger charge is -2.31. The number of rotatable bonds is 2. The van der Waals surface area contributed by atoms with Gasteiger partial charge in [-0.2, -0.15) is 0 Å². The lowest BCUT2D eigenvalue weighted by Crippen LogP contribution is -2.43. The second-order valence-corrected chi connectivity index (χ2v) is 7.06. The third-order valence-corrected chi connectivity index (χ3v) is 4.85. The number of carbonyl (C=O) groups is 1. The summed E-state index contributed by atoms with van der Waals surface area (Å²) in [5, 5.41) is -0.983. The lowest BCUT2D eigenvalue weighted by atomic mass is 10.0. The molecule has 0 saturated heterocycles. The van der Waals surface area contributed by atoms with Gasteiger partial charge in [0.25, 0.3) is 0 Å². The van der Waals surface area contributed by atoms with Crippen LogP contribution in [0.5, 0.6) is 0 Å². The van der Waals surface area contributed by atoms with Gasteiger partial charge in [-0.15, -0.1) is 0 Å². The maximum Gasteiger partial charge on any atom is 0.245 e. The van der Waals surface area contributed by atoms with Gasteiger partial charge in [-0.1, -0.05) is 18.2 Å². The molecule has 1 atom stereocenters. The van der Waals surface area contributed by atoms with Crippen LogP contribution >= 0.6 is 0 Å². The molecule has 0 unspecified atom stereocenters. The molecule has 1 aromatic carbocycles. The van der Waals surface area contributed by atoms with Crippen molar-refractivity contribution in [2.45, 2.75) is 25.0 Å². The number of amides is 1. The predicted molar refractivity (Wildman–Crippen MR) is 71.4 cm³/mol. The first-order valence-corrected chi connectivity index (χ1v) is 7.95. The summed E-state index contributed by atoms with van der Waals surface area (Å²) < 4.78 is 23.0. The molecule has 0 saturated carbocycles. The van der Waals surface area contributed by atoms with Gasteiger partial charge in [0.1, 0.15) is 5.25 Å². The molecule has 0 radical (unpaired) electrons. The predicted octanol–water partition coefficient (Wildman–Crippen LogP) is 1.40. The summed E-state index contributed by atoms with van der Waals surface area (Å²) in [5.41, 5.74) is 1.96. The van der Waals surface area contributed by atoms with Gasteiger partial charge in [0.05, 0.1) is 0 Å². The summed E-state index contributed by atoms with van der Waals surface area (Å²) in [7, 11) is -3.35. The molecule has 18 heavy (non-hydrogen) atoms. The van der Waals surface area contributed by atoms with Crippen LogP contribution < -0.4 is 4.90 Å². The zero-order chi connectivity index (χ0) is 13.3. The number of sulfone groups is 1.